The normalized spacial score (nSPS) is 10.4. The van der Waals surface area contributed by atoms with E-state index in [4.69, 9.17) is 4.52 Å². The van der Waals surface area contributed by atoms with Crippen molar-refractivity contribution >= 4 is 17.7 Å². The molecule has 1 N–H and O–H groups in total. The quantitative estimate of drug-likeness (QED) is 0.829. The molecule has 0 unspecified atom stereocenters. The summed E-state index contributed by atoms with van der Waals surface area (Å²) in [4.78, 5) is 11.3. The highest BCUT2D eigenvalue weighted by Gasteiger charge is 2.09. The maximum Gasteiger partial charge on any atom is 0.230 e. The van der Waals surface area contributed by atoms with Gasteiger partial charge in [0.1, 0.15) is 5.76 Å². The van der Waals surface area contributed by atoms with Crippen LogP contribution in [0.3, 0.4) is 0 Å². The fourth-order valence-electron chi connectivity index (χ4n) is 1.27. The number of thioether (sulfide) groups is 1. The lowest BCUT2D eigenvalue weighted by Gasteiger charge is -2.03. The first-order chi connectivity index (χ1) is 7.65. The molecule has 0 aliphatic carbocycles. The molecular weight excluding hydrogens is 224 g/mol. The Labute approximate surface area is 100 Å². The van der Waals surface area contributed by atoms with Crippen LogP contribution in [0.25, 0.3) is 0 Å². The van der Waals surface area contributed by atoms with Gasteiger partial charge in [0.25, 0.3) is 0 Å². The zero-order chi connectivity index (χ0) is 12.0. The van der Waals surface area contributed by atoms with E-state index in [1.807, 2.05) is 20.8 Å². The van der Waals surface area contributed by atoms with Gasteiger partial charge in [-0.3, -0.25) is 4.79 Å². The number of rotatable bonds is 6. The second-order valence-corrected chi connectivity index (χ2v) is 4.63. The average Bonchev–Trinajstić information content (AvgIpc) is 2.57. The second-order valence-electron chi connectivity index (χ2n) is 3.65. The molecule has 0 spiro atoms. The molecule has 0 saturated carbocycles. The summed E-state index contributed by atoms with van der Waals surface area (Å²) < 4.78 is 5.05. The zero-order valence-electron chi connectivity index (χ0n) is 10.0. The summed E-state index contributed by atoms with van der Waals surface area (Å²) in [6.45, 7) is 6.61. The van der Waals surface area contributed by atoms with Crippen LogP contribution in [0.5, 0.6) is 0 Å². The van der Waals surface area contributed by atoms with Crippen LogP contribution in [0.2, 0.25) is 0 Å². The van der Waals surface area contributed by atoms with Crippen molar-refractivity contribution < 1.29 is 9.32 Å². The molecule has 0 aliphatic rings. The highest BCUT2D eigenvalue weighted by atomic mass is 32.2. The second kappa shape index (κ2) is 6.58. The molecule has 0 saturated heterocycles. The number of carbonyl (C=O) groups is 1. The summed E-state index contributed by atoms with van der Waals surface area (Å²) in [6, 6.07) is 0. The van der Waals surface area contributed by atoms with Gasteiger partial charge >= 0.3 is 0 Å². The third kappa shape index (κ3) is 3.89. The topological polar surface area (TPSA) is 55.1 Å². The summed E-state index contributed by atoms with van der Waals surface area (Å²) in [6.07, 6.45) is 0.972. The van der Waals surface area contributed by atoms with Crippen molar-refractivity contribution in [2.24, 2.45) is 0 Å². The predicted molar refractivity (Wildman–Crippen MR) is 65.4 cm³/mol. The van der Waals surface area contributed by atoms with Gasteiger partial charge in [-0.1, -0.05) is 12.1 Å². The maximum absolute atomic E-state index is 11.3. The standard InChI is InChI=1S/C11H18N2O2S/c1-4-5-12-11(14)7-16-6-10-8(2)13-15-9(10)3/h4-7H2,1-3H3,(H,12,14). The van der Waals surface area contributed by atoms with Crippen LogP contribution in [-0.4, -0.2) is 23.4 Å². The van der Waals surface area contributed by atoms with E-state index < -0.39 is 0 Å². The average molecular weight is 242 g/mol. The Kier molecular flexibility index (Phi) is 5.38. The summed E-state index contributed by atoms with van der Waals surface area (Å²) in [5.74, 6) is 2.21. The minimum absolute atomic E-state index is 0.0959. The van der Waals surface area contributed by atoms with E-state index >= 15 is 0 Å². The summed E-state index contributed by atoms with van der Waals surface area (Å²) in [5, 5.41) is 6.72. The molecular formula is C11H18N2O2S. The van der Waals surface area contributed by atoms with Gasteiger partial charge < -0.3 is 9.84 Å². The van der Waals surface area contributed by atoms with Crippen LogP contribution in [0.1, 0.15) is 30.4 Å². The van der Waals surface area contributed by atoms with Crippen LogP contribution in [0.15, 0.2) is 4.52 Å². The highest BCUT2D eigenvalue weighted by molar-refractivity contribution is 7.99. The lowest BCUT2D eigenvalue weighted by atomic mass is 10.2. The third-order valence-corrected chi connectivity index (χ3v) is 3.19. The van der Waals surface area contributed by atoms with Crippen molar-refractivity contribution in [1.29, 1.82) is 0 Å². The largest absolute Gasteiger partial charge is 0.361 e. The Morgan fingerprint density at radius 1 is 1.50 bits per heavy atom. The minimum atomic E-state index is 0.0959. The molecule has 1 rings (SSSR count). The summed E-state index contributed by atoms with van der Waals surface area (Å²) in [5.41, 5.74) is 2.02. The Hall–Kier alpha value is -0.970. The summed E-state index contributed by atoms with van der Waals surface area (Å²) >= 11 is 1.59. The molecule has 0 atom stereocenters. The van der Waals surface area contributed by atoms with Crippen molar-refractivity contribution in [2.75, 3.05) is 12.3 Å². The fraction of sp³-hybridized carbons (Fsp3) is 0.636. The molecule has 90 valence electrons. The van der Waals surface area contributed by atoms with E-state index in [1.54, 1.807) is 11.8 Å². The molecule has 0 bridgehead atoms. The minimum Gasteiger partial charge on any atom is -0.361 e. The van der Waals surface area contributed by atoms with E-state index in [-0.39, 0.29) is 5.91 Å². The molecule has 5 heteroatoms. The van der Waals surface area contributed by atoms with Gasteiger partial charge in [-0.2, -0.15) is 0 Å². The molecule has 0 aliphatic heterocycles. The van der Waals surface area contributed by atoms with Crippen molar-refractivity contribution in [3.05, 3.63) is 17.0 Å². The fourth-order valence-corrected chi connectivity index (χ4v) is 2.27. The Morgan fingerprint density at radius 2 is 2.25 bits per heavy atom. The van der Waals surface area contributed by atoms with Gasteiger partial charge in [0, 0.05) is 17.9 Å². The number of hydrogen-bond acceptors (Lipinski definition) is 4. The SMILES string of the molecule is CCCNC(=O)CSCc1c(C)noc1C. The lowest BCUT2D eigenvalue weighted by Crippen LogP contribution is -2.25. The van der Waals surface area contributed by atoms with E-state index in [0.717, 1.165) is 35.7 Å². The predicted octanol–water partition coefficient (Wildman–Crippen LogP) is 2.05. The van der Waals surface area contributed by atoms with Crippen molar-refractivity contribution in [1.82, 2.24) is 10.5 Å². The molecule has 0 fully saturated rings. The third-order valence-electron chi connectivity index (χ3n) is 2.23. The number of aryl methyl sites for hydroxylation is 2. The molecule has 1 aromatic heterocycles. The maximum atomic E-state index is 11.3. The number of carbonyl (C=O) groups excluding carboxylic acids is 1. The zero-order valence-corrected chi connectivity index (χ0v) is 10.8. The molecule has 1 aromatic rings. The smallest absolute Gasteiger partial charge is 0.230 e. The van der Waals surface area contributed by atoms with E-state index in [1.165, 1.54) is 0 Å². The van der Waals surface area contributed by atoms with Gasteiger partial charge in [0.05, 0.1) is 11.4 Å². The van der Waals surface area contributed by atoms with E-state index in [9.17, 15) is 4.79 Å². The number of hydrogen-bond donors (Lipinski definition) is 1. The molecule has 4 nitrogen and oxygen atoms in total. The number of nitrogens with zero attached hydrogens (tertiary/aromatic N) is 1. The van der Waals surface area contributed by atoms with Gasteiger partial charge in [-0.25, -0.2) is 0 Å². The van der Waals surface area contributed by atoms with Crippen LogP contribution in [0, 0.1) is 13.8 Å². The van der Waals surface area contributed by atoms with Gasteiger partial charge in [0.15, 0.2) is 0 Å². The van der Waals surface area contributed by atoms with Crippen LogP contribution in [0.4, 0.5) is 0 Å². The monoisotopic (exact) mass is 242 g/mol. The number of aromatic nitrogens is 1. The molecule has 0 aromatic carbocycles. The van der Waals surface area contributed by atoms with Crippen LogP contribution < -0.4 is 5.32 Å². The molecule has 1 amide bonds. The van der Waals surface area contributed by atoms with Crippen LogP contribution in [-0.2, 0) is 10.5 Å². The first kappa shape index (κ1) is 13.1. The highest BCUT2D eigenvalue weighted by Crippen LogP contribution is 2.18. The Balaban J connectivity index is 2.28. The number of nitrogens with one attached hydrogen (secondary N) is 1. The first-order valence-electron chi connectivity index (χ1n) is 5.41. The first-order valence-corrected chi connectivity index (χ1v) is 6.56. The van der Waals surface area contributed by atoms with E-state index in [2.05, 4.69) is 10.5 Å². The molecule has 0 radical (unpaired) electrons. The van der Waals surface area contributed by atoms with Gasteiger partial charge in [-0.15, -0.1) is 11.8 Å². The molecule has 1 heterocycles. The van der Waals surface area contributed by atoms with E-state index in [0.29, 0.717) is 5.75 Å². The van der Waals surface area contributed by atoms with Gasteiger partial charge in [0.2, 0.25) is 5.91 Å². The molecule has 16 heavy (non-hydrogen) atoms. The Morgan fingerprint density at radius 3 is 2.81 bits per heavy atom. The Bertz CT molecular complexity index is 330. The summed E-state index contributed by atoms with van der Waals surface area (Å²) in [7, 11) is 0. The van der Waals surface area contributed by atoms with Gasteiger partial charge in [-0.05, 0) is 20.3 Å². The van der Waals surface area contributed by atoms with Crippen molar-refractivity contribution in [3.63, 3.8) is 0 Å². The lowest BCUT2D eigenvalue weighted by molar-refractivity contribution is -0.118. The van der Waals surface area contributed by atoms with Crippen molar-refractivity contribution in [3.8, 4) is 0 Å². The van der Waals surface area contributed by atoms with Crippen LogP contribution >= 0.6 is 11.8 Å². The number of amides is 1. The van der Waals surface area contributed by atoms with Crippen molar-refractivity contribution in [2.45, 2.75) is 32.9 Å².